The maximum Gasteiger partial charge on any atom is 0.255 e. The SMILES string of the molecule is Cc1cnc(NC(=O)[C@H](C)OCc2ccccc2)s1. The summed E-state index contributed by atoms with van der Waals surface area (Å²) < 4.78 is 5.53. The van der Waals surface area contributed by atoms with Crippen molar-refractivity contribution in [3.8, 4) is 0 Å². The quantitative estimate of drug-likeness (QED) is 0.913. The van der Waals surface area contributed by atoms with E-state index in [1.807, 2.05) is 37.3 Å². The van der Waals surface area contributed by atoms with Crippen LogP contribution >= 0.6 is 11.3 Å². The molecule has 0 radical (unpaired) electrons. The van der Waals surface area contributed by atoms with E-state index in [4.69, 9.17) is 4.74 Å². The van der Waals surface area contributed by atoms with Gasteiger partial charge in [-0.3, -0.25) is 10.1 Å². The normalized spacial score (nSPS) is 12.1. The van der Waals surface area contributed by atoms with Gasteiger partial charge in [-0.05, 0) is 19.4 Å². The van der Waals surface area contributed by atoms with Gasteiger partial charge in [0.2, 0.25) is 0 Å². The number of anilines is 1. The van der Waals surface area contributed by atoms with E-state index in [0.29, 0.717) is 11.7 Å². The van der Waals surface area contributed by atoms with Crippen LogP contribution in [0.2, 0.25) is 0 Å². The number of aryl methyl sites for hydroxylation is 1. The standard InChI is InChI=1S/C14H16N2O2S/c1-10-8-15-14(19-10)16-13(17)11(2)18-9-12-6-4-3-5-7-12/h3-8,11H,9H2,1-2H3,(H,15,16,17)/t11-/m0/s1. The molecule has 0 bridgehead atoms. The van der Waals surface area contributed by atoms with Gasteiger partial charge in [-0.1, -0.05) is 30.3 Å². The van der Waals surface area contributed by atoms with Crippen LogP contribution < -0.4 is 5.32 Å². The molecule has 0 aliphatic rings. The number of benzene rings is 1. The van der Waals surface area contributed by atoms with Crippen LogP contribution in [0.1, 0.15) is 17.4 Å². The third kappa shape index (κ3) is 4.15. The lowest BCUT2D eigenvalue weighted by Crippen LogP contribution is -2.27. The molecule has 1 amide bonds. The zero-order valence-corrected chi connectivity index (χ0v) is 11.7. The van der Waals surface area contributed by atoms with Crippen molar-refractivity contribution >= 4 is 22.4 Å². The van der Waals surface area contributed by atoms with Gasteiger partial charge in [-0.25, -0.2) is 4.98 Å². The molecule has 100 valence electrons. The molecule has 1 heterocycles. The number of amides is 1. The molecule has 0 saturated heterocycles. The van der Waals surface area contributed by atoms with Gasteiger partial charge in [0.15, 0.2) is 5.13 Å². The van der Waals surface area contributed by atoms with Crippen molar-refractivity contribution in [3.05, 3.63) is 47.0 Å². The predicted octanol–water partition coefficient (Wildman–Crippen LogP) is 3.00. The van der Waals surface area contributed by atoms with E-state index in [1.54, 1.807) is 13.1 Å². The molecule has 19 heavy (non-hydrogen) atoms. The highest BCUT2D eigenvalue weighted by Crippen LogP contribution is 2.17. The highest BCUT2D eigenvalue weighted by Gasteiger charge is 2.14. The van der Waals surface area contributed by atoms with Crippen molar-refractivity contribution in [2.75, 3.05) is 5.32 Å². The van der Waals surface area contributed by atoms with Gasteiger partial charge < -0.3 is 4.74 Å². The molecular formula is C14H16N2O2S. The van der Waals surface area contributed by atoms with Crippen molar-refractivity contribution in [1.29, 1.82) is 0 Å². The minimum absolute atomic E-state index is 0.176. The summed E-state index contributed by atoms with van der Waals surface area (Å²) in [7, 11) is 0. The first kappa shape index (κ1) is 13.7. The van der Waals surface area contributed by atoms with Crippen molar-refractivity contribution in [2.45, 2.75) is 26.6 Å². The number of rotatable bonds is 5. The Bertz CT molecular complexity index is 539. The fraction of sp³-hybridized carbons (Fsp3) is 0.286. The fourth-order valence-corrected chi connectivity index (χ4v) is 2.16. The Morgan fingerprint density at radius 1 is 1.42 bits per heavy atom. The molecule has 2 rings (SSSR count). The molecule has 0 saturated carbocycles. The summed E-state index contributed by atoms with van der Waals surface area (Å²) in [6.07, 6.45) is 1.22. The van der Waals surface area contributed by atoms with Crippen LogP contribution in [0.25, 0.3) is 0 Å². The zero-order chi connectivity index (χ0) is 13.7. The van der Waals surface area contributed by atoms with Gasteiger partial charge in [-0.15, -0.1) is 11.3 Å². The zero-order valence-electron chi connectivity index (χ0n) is 10.9. The maximum atomic E-state index is 11.9. The first-order valence-electron chi connectivity index (χ1n) is 6.04. The lowest BCUT2D eigenvalue weighted by atomic mass is 10.2. The van der Waals surface area contributed by atoms with E-state index in [0.717, 1.165) is 10.4 Å². The Kier molecular flexibility index (Phi) is 4.65. The minimum atomic E-state index is -0.510. The van der Waals surface area contributed by atoms with E-state index >= 15 is 0 Å². The second-order valence-corrected chi connectivity index (χ2v) is 5.44. The number of nitrogens with one attached hydrogen (secondary N) is 1. The molecule has 1 N–H and O–H groups in total. The van der Waals surface area contributed by atoms with Crippen LogP contribution in [-0.2, 0) is 16.1 Å². The average Bonchev–Trinajstić information content (AvgIpc) is 2.82. The van der Waals surface area contributed by atoms with Crippen LogP contribution in [-0.4, -0.2) is 17.0 Å². The number of ether oxygens (including phenoxy) is 1. The molecule has 4 nitrogen and oxygen atoms in total. The largest absolute Gasteiger partial charge is 0.364 e. The lowest BCUT2D eigenvalue weighted by molar-refractivity contribution is -0.127. The monoisotopic (exact) mass is 276 g/mol. The van der Waals surface area contributed by atoms with E-state index in [2.05, 4.69) is 10.3 Å². The van der Waals surface area contributed by atoms with Gasteiger partial charge in [0.25, 0.3) is 5.91 Å². The number of nitrogens with zero attached hydrogens (tertiary/aromatic N) is 1. The summed E-state index contributed by atoms with van der Waals surface area (Å²) >= 11 is 1.45. The number of aromatic nitrogens is 1. The van der Waals surface area contributed by atoms with Crippen molar-refractivity contribution < 1.29 is 9.53 Å². The summed E-state index contributed by atoms with van der Waals surface area (Å²) in [4.78, 5) is 17.0. The first-order chi connectivity index (χ1) is 9.15. The number of hydrogen-bond donors (Lipinski definition) is 1. The van der Waals surface area contributed by atoms with Crippen LogP contribution in [0.5, 0.6) is 0 Å². The van der Waals surface area contributed by atoms with Gasteiger partial charge in [-0.2, -0.15) is 0 Å². The third-order valence-corrected chi connectivity index (χ3v) is 3.39. The van der Waals surface area contributed by atoms with E-state index < -0.39 is 6.10 Å². The molecule has 0 unspecified atom stereocenters. The summed E-state index contributed by atoms with van der Waals surface area (Å²) in [5.41, 5.74) is 1.05. The maximum absolute atomic E-state index is 11.9. The molecule has 1 atom stereocenters. The summed E-state index contributed by atoms with van der Waals surface area (Å²) in [5.74, 6) is -0.176. The molecule has 0 fully saturated rings. The van der Waals surface area contributed by atoms with Crippen LogP contribution in [0.4, 0.5) is 5.13 Å². The van der Waals surface area contributed by atoms with Crippen LogP contribution in [0.15, 0.2) is 36.5 Å². The molecule has 2 aromatic rings. The van der Waals surface area contributed by atoms with Crippen molar-refractivity contribution in [2.24, 2.45) is 0 Å². The third-order valence-electron chi connectivity index (χ3n) is 2.56. The number of carbonyl (C=O) groups is 1. The summed E-state index contributed by atoms with van der Waals surface area (Å²) in [6, 6.07) is 9.78. The molecule has 0 spiro atoms. The molecular weight excluding hydrogens is 260 g/mol. The number of thiazole rings is 1. The van der Waals surface area contributed by atoms with Crippen LogP contribution in [0, 0.1) is 6.92 Å². The summed E-state index contributed by atoms with van der Waals surface area (Å²) in [6.45, 7) is 4.10. The van der Waals surface area contributed by atoms with Gasteiger partial charge in [0, 0.05) is 11.1 Å². The Morgan fingerprint density at radius 3 is 2.79 bits per heavy atom. The second kappa shape index (κ2) is 6.45. The minimum Gasteiger partial charge on any atom is -0.364 e. The van der Waals surface area contributed by atoms with E-state index in [1.165, 1.54) is 11.3 Å². The lowest BCUT2D eigenvalue weighted by Gasteiger charge is -2.12. The Hall–Kier alpha value is -1.72. The van der Waals surface area contributed by atoms with Crippen molar-refractivity contribution in [1.82, 2.24) is 4.98 Å². The summed E-state index contributed by atoms with van der Waals surface area (Å²) in [5, 5.41) is 3.35. The Balaban J connectivity index is 1.82. The molecule has 1 aromatic carbocycles. The molecule has 5 heteroatoms. The molecule has 0 aliphatic carbocycles. The fourth-order valence-electron chi connectivity index (χ4n) is 1.49. The highest BCUT2D eigenvalue weighted by molar-refractivity contribution is 7.15. The topological polar surface area (TPSA) is 51.2 Å². The average molecular weight is 276 g/mol. The van der Waals surface area contributed by atoms with E-state index in [9.17, 15) is 4.79 Å². The number of carbonyl (C=O) groups excluding carboxylic acids is 1. The number of hydrogen-bond acceptors (Lipinski definition) is 4. The van der Waals surface area contributed by atoms with E-state index in [-0.39, 0.29) is 5.91 Å². The predicted molar refractivity (Wildman–Crippen MR) is 76.2 cm³/mol. The van der Waals surface area contributed by atoms with Gasteiger partial charge in [0.05, 0.1) is 6.61 Å². The molecule has 1 aromatic heterocycles. The highest BCUT2D eigenvalue weighted by atomic mass is 32.1. The van der Waals surface area contributed by atoms with Crippen LogP contribution in [0.3, 0.4) is 0 Å². The van der Waals surface area contributed by atoms with Crippen molar-refractivity contribution in [3.63, 3.8) is 0 Å². The molecule has 0 aliphatic heterocycles. The van der Waals surface area contributed by atoms with Gasteiger partial charge >= 0.3 is 0 Å². The Morgan fingerprint density at radius 2 is 2.16 bits per heavy atom. The smallest absolute Gasteiger partial charge is 0.255 e. The second-order valence-electron chi connectivity index (χ2n) is 4.20. The Labute approximate surface area is 116 Å². The van der Waals surface area contributed by atoms with Gasteiger partial charge in [0.1, 0.15) is 6.10 Å². The first-order valence-corrected chi connectivity index (χ1v) is 6.85.